The van der Waals surface area contributed by atoms with Crippen LogP contribution in [0.1, 0.15) is 30.7 Å². The number of rotatable bonds is 0. The zero-order valence-corrected chi connectivity index (χ0v) is 8.64. The van der Waals surface area contributed by atoms with Crippen LogP contribution in [0.3, 0.4) is 0 Å². The minimum atomic E-state index is 0.488. The van der Waals surface area contributed by atoms with Crippen molar-refractivity contribution >= 4 is 17.1 Å². The summed E-state index contributed by atoms with van der Waals surface area (Å²) in [4.78, 5) is 9.30. The highest BCUT2D eigenvalue weighted by atomic mass is 14.8. The SMILES string of the molecule is CC1CC=Cc2nc3ccccc3nc21. The maximum atomic E-state index is 4.68. The molecule has 1 atom stereocenters. The summed E-state index contributed by atoms with van der Waals surface area (Å²) in [6.45, 7) is 2.20. The Morgan fingerprint density at radius 1 is 1.13 bits per heavy atom. The molecule has 3 rings (SSSR count). The van der Waals surface area contributed by atoms with Crippen LogP contribution in [0.4, 0.5) is 0 Å². The highest BCUT2D eigenvalue weighted by Gasteiger charge is 2.15. The average Bonchev–Trinajstić information content (AvgIpc) is 2.27. The van der Waals surface area contributed by atoms with Crippen LogP contribution >= 0.6 is 0 Å². The third-order valence-electron chi connectivity index (χ3n) is 2.86. The molecule has 0 N–H and O–H groups in total. The van der Waals surface area contributed by atoms with Crippen molar-refractivity contribution in [3.8, 4) is 0 Å². The van der Waals surface area contributed by atoms with Gasteiger partial charge in [0.25, 0.3) is 0 Å². The fourth-order valence-electron chi connectivity index (χ4n) is 2.01. The van der Waals surface area contributed by atoms with Crippen LogP contribution in [0.15, 0.2) is 30.3 Å². The van der Waals surface area contributed by atoms with Crippen molar-refractivity contribution in [2.75, 3.05) is 0 Å². The number of fused-ring (bicyclic) bond motifs is 2. The Balaban J connectivity index is 2.33. The molecule has 74 valence electrons. The normalized spacial score (nSPS) is 19.1. The number of hydrogen-bond acceptors (Lipinski definition) is 2. The van der Waals surface area contributed by atoms with Crippen molar-refractivity contribution in [1.29, 1.82) is 0 Å². The monoisotopic (exact) mass is 196 g/mol. The summed E-state index contributed by atoms with van der Waals surface area (Å²) in [5.74, 6) is 0.488. The van der Waals surface area contributed by atoms with E-state index in [1.54, 1.807) is 0 Å². The Morgan fingerprint density at radius 2 is 1.87 bits per heavy atom. The van der Waals surface area contributed by atoms with Crippen LogP contribution in [0.2, 0.25) is 0 Å². The first-order valence-corrected chi connectivity index (χ1v) is 5.28. The molecular weight excluding hydrogens is 184 g/mol. The van der Waals surface area contributed by atoms with E-state index in [1.807, 2.05) is 24.3 Å². The van der Waals surface area contributed by atoms with Gasteiger partial charge in [-0.25, -0.2) is 9.97 Å². The molecule has 1 aliphatic carbocycles. The molecule has 0 bridgehead atoms. The molecule has 0 aliphatic heterocycles. The lowest BCUT2D eigenvalue weighted by atomic mass is 9.96. The summed E-state index contributed by atoms with van der Waals surface area (Å²) in [6, 6.07) is 8.04. The Kier molecular flexibility index (Phi) is 1.81. The van der Waals surface area contributed by atoms with Crippen molar-refractivity contribution in [2.45, 2.75) is 19.3 Å². The van der Waals surface area contributed by atoms with Crippen molar-refractivity contribution in [3.63, 3.8) is 0 Å². The summed E-state index contributed by atoms with van der Waals surface area (Å²) in [7, 11) is 0. The van der Waals surface area contributed by atoms with Gasteiger partial charge in [-0.15, -0.1) is 0 Å². The predicted molar refractivity (Wildman–Crippen MR) is 61.6 cm³/mol. The van der Waals surface area contributed by atoms with Gasteiger partial charge >= 0.3 is 0 Å². The molecule has 2 aromatic rings. The van der Waals surface area contributed by atoms with Crippen LogP contribution in [0.25, 0.3) is 17.1 Å². The summed E-state index contributed by atoms with van der Waals surface area (Å²) >= 11 is 0. The van der Waals surface area contributed by atoms with Gasteiger partial charge in [-0.1, -0.05) is 25.1 Å². The van der Waals surface area contributed by atoms with E-state index in [0.717, 1.165) is 28.8 Å². The molecule has 0 fully saturated rings. The van der Waals surface area contributed by atoms with Crippen LogP contribution in [0, 0.1) is 0 Å². The van der Waals surface area contributed by atoms with E-state index >= 15 is 0 Å². The predicted octanol–water partition coefficient (Wildman–Crippen LogP) is 3.15. The van der Waals surface area contributed by atoms with Gasteiger partial charge in [0.05, 0.1) is 22.4 Å². The van der Waals surface area contributed by atoms with Crippen molar-refractivity contribution < 1.29 is 0 Å². The second-order valence-electron chi connectivity index (χ2n) is 4.02. The van der Waals surface area contributed by atoms with E-state index in [9.17, 15) is 0 Å². The molecule has 0 saturated carbocycles. The van der Waals surface area contributed by atoms with Crippen LogP contribution in [0.5, 0.6) is 0 Å². The van der Waals surface area contributed by atoms with Gasteiger partial charge in [-0.2, -0.15) is 0 Å². The molecule has 2 heteroatoms. The van der Waals surface area contributed by atoms with Gasteiger partial charge in [0, 0.05) is 5.92 Å². The van der Waals surface area contributed by atoms with E-state index in [1.165, 1.54) is 0 Å². The smallest absolute Gasteiger partial charge is 0.0894 e. The summed E-state index contributed by atoms with van der Waals surface area (Å²) < 4.78 is 0. The third kappa shape index (κ3) is 1.33. The Bertz CT molecular complexity index is 543. The molecule has 1 unspecified atom stereocenters. The lowest BCUT2D eigenvalue weighted by molar-refractivity contribution is 0.737. The molecule has 0 amide bonds. The van der Waals surface area contributed by atoms with Gasteiger partial charge in [-0.05, 0) is 24.6 Å². The number of nitrogens with zero attached hydrogens (tertiary/aromatic N) is 2. The molecule has 2 nitrogen and oxygen atoms in total. The average molecular weight is 196 g/mol. The van der Waals surface area contributed by atoms with Crippen molar-refractivity contribution in [1.82, 2.24) is 9.97 Å². The van der Waals surface area contributed by atoms with Gasteiger partial charge in [0.1, 0.15) is 0 Å². The standard InChI is InChI=1S/C13H12N2/c1-9-5-4-8-12-13(9)15-11-7-3-2-6-10(11)14-12/h2-4,6-9H,5H2,1H3. The van der Waals surface area contributed by atoms with Crippen LogP contribution in [-0.4, -0.2) is 9.97 Å². The minimum absolute atomic E-state index is 0.488. The van der Waals surface area contributed by atoms with E-state index in [0.29, 0.717) is 5.92 Å². The van der Waals surface area contributed by atoms with Gasteiger partial charge in [0.2, 0.25) is 0 Å². The topological polar surface area (TPSA) is 25.8 Å². The Morgan fingerprint density at radius 3 is 2.67 bits per heavy atom. The zero-order chi connectivity index (χ0) is 10.3. The maximum Gasteiger partial charge on any atom is 0.0894 e. The molecule has 0 radical (unpaired) electrons. The van der Waals surface area contributed by atoms with Gasteiger partial charge in [0.15, 0.2) is 0 Å². The van der Waals surface area contributed by atoms with Crippen LogP contribution in [-0.2, 0) is 0 Å². The van der Waals surface area contributed by atoms with E-state index in [2.05, 4.69) is 29.0 Å². The molecule has 1 aromatic carbocycles. The van der Waals surface area contributed by atoms with Crippen molar-refractivity contribution in [3.05, 3.63) is 41.7 Å². The van der Waals surface area contributed by atoms with Crippen LogP contribution < -0.4 is 0 Å². The van der Waals surface area contributed by atoms with Crippen molar-refractivity contribution in [2.24, 2.45) is 0 Å². The first kappa shape index (κ1) is 8.60. The van der Waals surface area contributed by atoms with E-state index in [-0.39, 0.29) is 0 Å². The highest BCUT2D eigenvalue weighted by Crippen LogP contribution is 2.27. The Labute approximate surface area is 88.7 Å². The van der Waals surface area contributed by atoms with E-state index < -0.39 is 0 Å². The second-order valence-corrected chi connectivity index (χ2v) is 4.02. The van der Waals surface area contributed by atoms with Gasteiger partial charge < -0.3 is 0 Å². The lowest BCUT2D eigenvalue weighted by Gasteiger charge is -2.16. The highest BCUT2D eigenvalue weighted by molar-refractivity contribution is 5.76. The Hall–Kier alpha value is -1.70. The number of para-hydroxylation sites is 2. The molecule has 0 spiro atoms. The molecule has 0 saturated heterocycles. The largest absolute Gasteiger partial charge is 0.249 e. The first-order chi connectivity index (χ1) is 7.34. The first-order valence-electron chi connectivity index (χ1n) is 5.28. The number of allylic oxidation sites excluding steroid dienone is 1. The fraction of sp³-hybridized carbons (Fsp3) is 0.231. The second kappa shape index (κ2) is 3.16. The molecule has 1 aromatic heterocycles. The molecule has 15 heavy (non-hydrogen) atoms. The third-order valence-corrected chi connectivity index (χ3v) is 2.86. The van der Waals surface area contributed by atoms with Gasteiger partial charge in [-0.3, -0.25) is 0 Å². The summed E-state index contributed by atoms with van der Waals surface area (Å²) in [5.41, 5.74) is 4.15. The fourth-order valence-corrected chi connectivity index (χ4v) is 2.01. The minimum Gasteiger partial charge on any atom is -0.249 e. The number of aromatic nitrogens is 2. The summed E-state index contributed by atoms with van der Waals surface area (Å²) in [6.07, 6.45) is 5.32. The zero-order valence-electron chi connectivity index (χ0n) is 8.64. The molecular formula is C13H12N2. The molecule has 1 aliphatic rings. The van der Waals surface area contributed by atoms with E-state index in [4.69, 9.17) is 0 Å². The number of benzene rings is 1. The quantitative estimate of drug-likeness (QED) is 0.646. The lowest BCUT2D eigenvalue weighted by Crippen LogP contribution is -2.05. The number of hydrogen-bond donors (Lipinski definition) is 0. The molecule has 1 heterocycles. The summed E-state index contributed by atoms with van der Waals surface area (Å²) in [5, 5.41) is 0. The maximum absolute atomic E-state index is 4.68.